The summed E-state index contributed by atoms with van der Waals surface area (Å²) in [6.07, 6.45) is 29.5. The quantitative estimate of drug-likeness (QED) is 0.192. The van der Waals surface area contributed by atoms with Crippen LogP contribution >= 0.6 is 11.8 Å². The van der Waals surface area contributed by atoms with Crippen LogP contribution in [0.4, 0.5) is 0 Å². The second-order valence-corrected chi connectivity index (χ2v) is 18.3. The van der Waals surface area contributed by atoms with E-state index in [-0.39, 0.29) is 34.7 Å². The van der Waals surface area contributed by atoms with Gasteiger partial charge in [-0.1, -0.05) is 188 Å². The van der Waals surface area contributed by atoms with Gasteiger partial charge in [0.2, 0.25) is 0 Å². The molecule has 0 saturated heterocycles. The molecule has 0 radical (unpaired) electrons. The van der Waals surface area contributed by atoms with Crippen molar-refractivity contribution in [3.05, 3.63) is 228 Å². The number of thioether (sulfide) groups is 1. The smallest absolute Gasteiger partial charge is 0.150 e. The van der Waals surface area contributed by atoms with Crippen molar-refractivity contribution in [2.75, 3.05) is 0 Å². The van der Waals surface area contributed by atoms with Crippen molar-refractivity contribution in [2.24, 2.45) is 32.7 Å². The zero-order valence-electron chi connectivity index (χ0n) is 33.9. The maximum atomic E-state index is 5.52. The van der Waals surface area contributed by atoms with Crippen LogP contribution in [0.5, 0.6) is 0 Å². The fourth-order valence-corrected chi connectivity index (χ4v) is 12.7. The van der Waals surface area contributed by atoms with Crippen LogP contribution < -0.4 is 5.32 Å². The van der Waals surface area contributed by atoms with E-state index in [1.165, 1.54) is 60.5 Å². The maximum Gasteiger partial charge on any atom is 0.150 e. The Morgan fingerprint density at radius 3 is 2.07 bits per heavy atom. The molecule has 61 heavy (non-hydrogen) atoms. The van der Waals surface area contributed by atoms with Crippen molar-refractivity contribution >= 4 is 35.2 Å². The number of benzene rings is 5. The number of nitrogens with zero attached hydrogens (tertiary/aromatic N) is 3. The highest BCUT2D eigenvalue weighted by molar-refractivity contribution is 8.00. The highest BCUT2D eigenvalue weighted by atomic mass is 32.2. The van der Waals surface area contributed by atoms with Gasteiger partial charge in [0.15, 0.2) is 6.17 Å². The number of hydrogen-bond donors (Lipinski definition) is 1. The molecule has 294 valence electrons. The van der Waals surface area contributed by atoms with Gasteiger partial charge in [-0.2, -0.15) is 0 Å². The van der Waals surface area contributed by atoms with Crippen LogP contribution in [0.15, 0.2) is 220 Å². The fraction of sp³-hybridized carbons (Fsp3) is 0.161. The van der Waals surface area contributed by atoms with Gasteiger partial charge >= 0.3 is 0 Å². The first-order valence-corrected chi connectivity index (χ1v) is 22.4. The summed E-state index contributed by atoms with van der Waals surface area (Å²) < 4.78 is 0. The second kappa shape index (κ2) is 14.3. The standard InChI is InChI=1S/C56H44N4S/c1-55-40(21-15-35-57-55)20-12-28-45(55)37-33-31-36(32-34-37)41-24-13-29-48-50(41)61-51-44(54-59-52(38-16-4-2-5-17-38)58-53(60-54)39-18-6-3-7-19-39)25-14-30-49(51)56(48)46-26-10-8-22-42(46)43-23-9-11-27-47(43)56/h2-18,20-35,39-40,49,51,53H,19H2,1H3,(H,58,59,60). The average Bonchev–Trinajstić information content (AvgIpc) is 3.62. The van der Waals surface area contributed by atoms with E-state index in [2.05, 4.69) is 206 Å². The maximum absolute atomic E-state index is 5.52. The Bertz CT molecular complexity index is 2890. The van der Waals surface area contributed by atoms with E-state index in [1.807, 2.05) is 18.0 Å². The molecule has 1 N–H and O–H groups in total. The van der Waals surface area contributed by atoms with Gasteiger partial charge in [0.1, 0.15) is 11.7 Å². The molecular formula is C56H44N4S. The highest BCUT2D eigenvalue weighted by Crippen LogP contribution is 2.65. The summed E-state index contributed by atoms with van der Waals surface area (Å²) >= 11 is 2.00. The Morgan fingerprint density at radius 1 is 0.590 bits per heavy atom. The lowest BCUT2D eigenvalue weighted by atomic mass is 9.60. The van der Waals surface area contributed by atoms with Gasteiger partial charge < -0.3 is 5.32 Å². The molecule has 0 amide bonds. The second-order valence-electron chi connectivity index (χ2n) is 17.1. The number of nitrogens with one attached hydrogen (secondary N) is 1. The molecule has 4 aliphatic carbocycles. The molecule has 0 bridgehead atoms. The number of amidine groups is 2. The third kappa shape index (κ3) is 5.56. The van der Waals surface area contributed by atoms with E-state index in [9.17, 15) is 0 Å². The van der Waals surface area contributed by atoms with E-state index >= 15 is 0 Å². The van der Waals surface area contributed by atoms with Gasteiger partial charge in [0, 0.05) is 45.3 Å². The van der Waals surface area contributed by atoms with Crippen molar-refractivity contribution in [3.63, 3.8) is 0 Å². The molecule has 6 atom stereocenters. The molecule has 5 aromatic rings. The van der Waals surface area contributed by atoms with Crippen LogP contribution in [0.2, 0.25) is 0 Å². The Morgan fingerprint density at radius 2 is 1.28 bits per heavy atom. The molecule has 3 heterocycles. The minimum absolute atomic E-state index is 0.0502. The molecular weight excluding hydrogens is 761 g/mol. The first kappa shape index (κ1) is 36.3. The molecule has 12 rings (SSSR count). The molecule has 5 heteroatoms. The number of fused-ring (bicyclic) bond motifs is 10. The number of rotatable bonds is 5. The lowest BCUT2D eigenvalue weighted by molar-refractivity contribution is 0.445. The van der Waals surface area contributed by atoms with Crippen LogP contribution in [0.1, 0.15) is 41.2 Å². The van der Waals surface area contributed by atoms with Crippen molar-refractivity contribution < 1.29 is 0 Å². The molecule has 7 aliphatic rings. The van der Waals surface area contributed by atoms with Gasteiger partial charge in [-0.25, -0.2) is 9.98 Å². The predicted octanol–water partition coefficient (Wildman–Crippen LogP) is 12.1. The molecule has 5 aromatic carbocycles. The number of allylic oxidation sites excluding steroid dienone is 9. The summed E-state index contributed by atoms with van der Waals surface area (Å²) in [6.45, 7) is 2.26. The van der Waals surface area contributed by atoms with Gasteiger partial charge in [0.25, 0.3) is 0 Å². The highest BCUT2D eigenvalue weighted by Gasteiger charge is 2.57. The van der Waals surface area contributed by atoms with Gasteiger partial charge in [-0.3, -0.25) is 4.99 Å². The van der Waals surface area contributed by atoms with Crippen LogP contribution in [0.3, 0.4) is 0 Å². The molecule has 3 aliphatic heterocycles. The summed E-state index contributed by atoms with van der Waals surface area (Å²) in [5.74, 6) is 2.32. The molecule has 0 aromatic heterocycles. The zero-order valence-corrected chi connectivity index (χ0v) is 34.7. The summed E-state index contributed by atoms with van der Waals surface area (Å²) in [5.41, 5.74) is 13.2. The van der Waals surface area contributed by atoms with Crippen LogP contribution in [0.25, 0.3) is 27.8 Å². The van der Waals surface area contributed by atoms with E-state index in [4.69, 9.17) is 15.0 Å². The summed E-state index contributed by atoms with van der Waals surface area (Å²) in [7, 11) is 0. The minimum Gasteiger partial charge on any atom is -0.325 e. The Balaban J connectivity index is 1.02. The monoisotopic (exact) mass is 804 g/mol. The SMILES string of the molecule is CC12N=CC=CC1C=CC=C2c1ccc(-c2cccc3c2SC2C(C4=NC(C5C=CC=CC5)N=C(c5ccccc5)N4)=CC=CC2C32c3ccccc3-c3ccccc32)cc1. The van der Waals surface area contributed by atoms with E-state index in [1.54, 1.807) is 0 Å². The van der Waals surface area contributed by atoms with Gasteiger partial charge in [0.05, 0.1) is 11.0 Å². The van der Waals surface area contributed by atoms with Crippen molar-refractivity contribution in [3.8, 4) is 22.3 Å². The molecule has 1 spiro atoms. The predicted molar refractivity (Wildman–Crippen MR) is 254 cm³/mol. The molecule has 0 saturated carbocycles. The van der Waals surface area contributed by atoms with E-state index in [0.717, 1.165) is 23.7 Å². The first-order valence-electron chi connectivity index (χ1n) is 21.5. The third-order valence-electron chi connectivity index (χ3n) is 13.9. The van der Waals surface area contributed by atoms with Crippen LogP contribution in [-0.2, 0) is 5.41 Å². The summed E-state index contributed by atoms with van der Waals surface area (Å²) in [6, 6.07) is 45.1. The molecule has 6 unspecified atom stereocenters. The number of hydrogen-bond acceptors (Lipinski definition) is 5. The average molecular weight is 805 g/mol. The largest absolute Gasteiger partial charge is 0.325 e. The lowest BCUT2D eigenvalue weighted by Crippen LogP contribution is -2.49. The van der Waals surface area contributed by atoms with Gasteiger partial charge in [-0.05, 0) is 69.5 Å². The molecule has 4 nitrogen and oxygen atoms in total. The summed E-state index contributed by atoms with van der Waals surface area (Å²) in [5, 5.41) is 3.86. The van der Waals surface area contributed by atoms with Crippen LogP contribution in [0, 0.1) is 17.8 Å². The summed E-state index contributed by atoms with van der Waals surface area (Å²) in [4.78, 5) is 17.1. The number of aliphatic imine (C=N–C) groups is 3. The first-order chi connectivity index (χ1) is 30.1. The van der Waals surface area contributed by atoms with Crippen molar-refractivity contribution in [2.45, 2.75) is 40.6 Å². The normalized spacial score (nSPS) is 26.8. The Hall–Kier alpha value is -6.56. The third-order valence-corrected chi connectivity index (χ3v) is 15.4. The topological polar surface area (TPSA) is 49.1 Å². The zero-order chi connectivity index (χ0) is 40.5. The fourth-order valence-electron chi connectivity index (χ4n) is 11.0. The lowest BCUT2D eigenvalue weighted by Gasteiger charge is -2.49. The van der Waals surface area contributed by atoms with E-state index < -0.39 is 5.41 Å². The van der Waals surface area contributed by atoms with Crippen LogP contribution in [-0.4, -0.2) is 34.8 Å². The molecule has 0 fully saturated rings. The minimum atomic E-state index is -0.429. The van der Waals surface area contributed by atoms with E-state index in [0.29, 0.717) is 0 Å². The van der Waals surface area contributed by atoms with Crippen molar-refractivity contribution in [1.29, 1.82) is 0 Å². The Labute approximate surface area is 362 Å². The number of dihydropyridines is 1. The van der Waals surface area contributed by atoms with Gasteiger partial charge in [-0.15, -0.1) is 11.8 Å². The van der Waals surface area contributed by atoms with Crippen molar-refractivity contribution in [1.82, 2.24) is 5.32 Å². The Kier molecular flexibility index (Phi) is 8.50.